The third-order valence-electron chi connectivity index (χ3n) is 4.09. The molecule has 0 fully saturated rings. The second kappa shape index (κ2) is 8.26. The summed E-state index contributed by atoms with van der Waals surface area (Å²) in [5, 5.41) is 7.08. The van der Waals surface area contributed by atoms with Crippen LogP contribution in [0.15, 0.2) is 54.6 Å². The zero-order valence-electron chi connectivity index (χ0n) is 15.7. The number of hydrogen-bond donors (Lipinski definition) is 1. The molecule has 1 amide bonds. The van der Waals surface area contributed by atoms with Crippen LogP contribution in [-0.2, 0) is 13.6 Å². The summed E-state index contributed by atoms with van der Waals surface area (Å²) in [6.07, 6.45) is -4.74. The average Bonchev–Trinajstić information content (AvgIpc) is 3.08. The molecule has 0 atom stereocenters. The third kappa shape index (κ3) is 5.28. The molecule has 152 valence electrons. The van der Waals surface area contributed by atoms with Gasteiger partial charge in [0.05, 0.1) is 12.8 Å². The number of nitrogens with one attached hydrogen (secondary N) is 1. The van der Waals surface area contributed by atoms with Crippen molar-refractivity contribution in [1.82, 2.24) is 15.1 Å². The summed E-state index contributed by atoms with van der Waals surface area (Å²) in [6, 6.07) is 14.3. The van der Waals surface area contributed by atoms with Crippen molar-refractivity contribution in [2.45, 2.75) is 12.9 Å². The largest absolute Gasteiger partial charge is 0.573 e. The van der Waals surface area contributed by atoms with E-state index >= 15 is 0 Å². The Kier molecular flexibility index (Phi) is 5.76. The minimum atomic E-state index is -4.74. The fourth-order valence-electron chi connectivity index (χ4n) is 2.69. The Bertz CT molecular complexity index is 998. The maximum absolute atomic E-state index is 12.5. The van der Waals surface area contributed by atoms with Crippen molar-refractivity contribution in [1.29, 1.82) is 0 Å². The quantitative estimate of drug-likeness (QED) is 0.675. The number of benzene rings is 2. The lowest BCUT2D eigenvalue weighted by Crippen LogP contribution is -2.25. The van der Waals surface area contributed by atoms with Crippen LogP contribution in [0.25, 0.3) is 11.3 Å². The number of halogens is 3. The number of aromatic nitrogens is 2. The molecule has 0 spiro atoms. The topological polar surface area (TPSA) is 65.4 Å². The van der Waals surface area contributed by atoms with Gasteiger partial charge in [0.2, 0.25) is 0 Å². The number of carbonyl (C=O) groups is 1. The summed E-state index contributed by atoms with van der Waals surface area (Å²) in [5.74, 6) is 0.00371. The van der Waals surface area contributed by atoms with Gasteiger partial charge in [-0.25, -0.2) is 0 Å². The zero-order chi connectivity index (χ0) is 21.0. The lowest BCUT2D eigenvalue weighted by atomic mass is 10.1. The summed E-state index contributed by atoms with van der Waals surface area (Å²) in [7, 11) is 3.22. The van der Waals surface area contributed by atoms with Gasteiger partial charge < -0.3 is 14.8 Å². The van der Waals surface area contributed by atoms with Crippen molar-refractivity contribution in [3.8, 4) is 22.8 Å². The lowest BCUT2D eigenvalue weighted by molar-refractivity contribution is -0.274. The summed E-state index contributed by atoms with van der Waals surface area (Å²) in [5.41, 5.74) is 2.40. The van der Waals surface area contributed by atoms with Gasteiger partial charge in [-0.05, 0) is 35.9 Å². The smallest absolute Gasteiger partial charge is 0.497 e. The summed E-state index contributed by atoms with van der Waals surface area (Å²) in [6.45, 7) is 0.144. The molecule has 1 aromatic heterocycles. The van der Waals surface area contributed by atoms with Crippen LogP contribution in [0.5, 0.6) is 11.5 Å². The molecule has 2 aromatic carbocycles. The van der Waals surface area contributed by atoms with E-state index in [4.69, 9.17) is 4.74 Å². The van der Waals surface area contributed by atoms with Gasteiger partial charge in [-0.3, -0.25) is 9.48 Å². The average molecular weight is 405 g/mol. The minimum Gasteiger partial charge on any atom is -0.497 e. The van der Waals surface area contributed by atoms with Gasteiger partial charge in [-0.15, -0.1) is 13.2 Å². The van der Waals surface area contributed by atoms with Gasteiger partial charge >= 0.3 is 6.36 Å². The Morgan fingerprint density at radius 1 is 1.10 bits per heavy atom. The lowest BCUT2D eigenvalue weighted by Gasteiger charge is -2.09. The number of amides is 1. The molecule has 29 heavy (non-hydrogen) atoms. The summed E-state index contributed by atoms with van der Waals surface area (Å²) < 4.78 is 47.1. The van der Waals surface area contributed by atoms with E-state index in [0.717, 1.165) is 5.56 Å². The van der Waals surface area contributed by atoms with Crippen LogP contribution >= 0.6 is 0 Å². The molecule has 0 unspecified atom stereocenters. The molecule has 0 saturated heterocycles. The highest BCUT2D eigenvalue weighted by atomic mass is 19.4. The summed E-state index contributed by atoms with van der Waals surface area (Å²) in [4.78, 5) is 12.5. The van der Waals surface area contributed by atoms with Crippen molar-refractivity contribution in [3.63, 3.8) is 0 Å². The first kappa shape index (κ1) is 20.2. The highest BCUT2D eigenvalue weighted by Crippen LogP contribution is 2.24. The molecule has 3 rings (SSSR count). The second-order valence-corrected chi connectivity index (χ2v) is 6.14. The normalized spacial score (nSPS) is 11.2. The molecule has 6 nitrogen and oxygen atoms in total. The minimum absolute atomic E-state index is 0.144. The van der Waals surface area contributed by atoms with E-state index < -0.39 is 6.36 Å². The molecule has 0 saturated carbocycles. The molecule has 1 heterocycles. The SMILES string of the molecule is COc1cccc(-c2cc(C(=O)NCc3ccc(OC(F)(F)F)cc3)n(C)n2)c1. The highest BCUT2D eigenvalue weighted by Gasteiger charge is 2.30. The van der Waals surface area contributed by atoms with E-state index in [2.05, 4.69) is 15.2 Å². The van der Waals surface area contributed by atoms with Gasteiger partial charge in [-0.2, -0.15) is 5.10 Å². The van der Waals surface area contributed by atoms with Gasteiger partial charge in [0.1, 0.15) is 17.2 Å². The van der Waals surface area contributed by atoms with Crippen molar-refractivity contribution < 1.29 is 27.4 Å². The zero-order valence-corrected chi connectivity index (χ0v) is 15.7. The highest BCUT2D eigenvalue weighted by molar-refractivity contribution is 5.93. The van der Waals surface area contributed by atoms with E-state index in [0.29, 0.717) is 22.7 Å². The maximum Gasteiger partial charge on any atom is 0.573 e. The third-order valence-corrected chi connectivity index (χ3v) is 4.09. The molecule has 0 aliphatic carbocycles. The second-order valence-electron chi connectivity index (χ2n) is 6.14. The van der Waals surface area contributed by atoms with E-state index in [9.17, 15) is 18.0 Å². The number of alkyl halides is 3. The van der Waals surface area contributed by atoms with Crippen LogP contribution in [0.3, 0.4) is 0 Å². The molecule has 9 heteroatoms. The first-order valence-corrected chi connectivity index (χ1v) is 8.56. The van der Waals surface area contributed by atoms with Crippen molar-refractivity contribution in [3.05, 3.63) is 65.9 Å². The summed E-state index contributed by atoms with van der Waals surface area (Å²) >= 11 is 0. The van der Waals surface area contributed by atoms with Crippen LogP contribution in [0.4, 0.5) is 13.2 Å². The van der Waals surface area contributed by atoms with E-state index in [1.807, 2.05) is 24.3 Å². The molecule has 0 bridgehead atoms. The van der Waals surface area contributed by atoms with E-state index in [1.54, 1.807) is 20.2 Å². The number of rotatable bonds is 6. The number of carbonyl (C=O) groups excluding carboxylic acids is 1. The molecule has 3 aromatic rings. The van der Waals surface area contributed by atoms with Crippen molar-refractivity contribution >= 4 is 5.91 Å². The van der Waals surface area contributed by atoms with E-state index in [-0.39, 0.29) is 18.2 Å². The molecule has 0 radical (unpaired) electrons. The van der Waals surface area contributed by atoms with Gasteiger partial charge in [0, 0.05) is 19.2 Å². The van der Waals surface area contributed by atoms with Gasteiger partial charge in [0.25, 0.3) is 5.91 Å². The number of aryl methyl sites for hydroxylation is 1. The number of hydrogen-bond acceptors (Lipinski definition) is 4. The molecular weight excluding hydrogens is 387 g/mol. The first-order chi connectivity index (χ1) is 13.7. The number of nitrogens with zero attached hydrogens (tertiary/aromatic N) is 2. The van der Waals surface area contributed by atoms with Crippen LogP contribution in [0.2, 0.25) is 0 Å². The predicted molar refractivity (Wildman–Crippen MR) is 99.5 cm³/mol. The van der Waals surface area contributed by atoms with Gasteiger partial charge in [-0.1, -0.05) is 24.3 Å². The fourth-order valence-corrected chi connectivity index (χ4v) is 2.69. The predicted octanol–water partition coefficient (Wildman–Crippen LogP) is 3.92. The van der Waals surface area contributed by atoms with Crippen LogP contribution < -0.4 is 14.8 Å². The monoisotopic (exact) mass is 405 g/mol. The van der Waals surface area contributed by atoms with Crippen LogP contribution in [-0.4, -0.2) is 29.2 Å². The van der Waals surface area contributed by atoms with E-state index in [1.165, 1.54) is 28.9 Å². The molecular formula is C20H18F3N3O3. The standard InChI is InChI=1S/C20H18F3N3O3/c1-26-18(11-17(25-26)14-4-3-5-16(10-14)28-2)19(27)24-12-13-6-8-15(9-7-13)29-20(21,22)23/h3-11H,12H2,1-2H3,(H,24,27). The Morgan fingerprint density at radius 2 is 1.83 bits per heavy atom. The molecule has 1 N–H and O–H groups in total. The number of ether oxygens (including phenoxy) is 2. The van der Waals surface area contributed by atoms with Crippen molar-refractivity contribution in [2.24, 2.45) is 7.05 Å². The Balaban J connectivity index is 1.66. The van der Waals surface area contributed by atoms with Gasteiger partial charge in [0.15, 0.2) is 0 Å². The Hall–Kier alpha value is -3.49. The maximum atomic E-state index is 12.5. The Labute approximate surface area is 164 Å². The number of methoxy groups -OCH3 is 1. The Morgan fingerprint density at radius 3 is 2.48 bits per heavy atom. The fraction of sp³-hybridized carbons (Fsp3) is 0.200. The molecule has 0 aliphatic rings. The van der Waals surface area contributed by atoms with Crippen LogP contribution in [0.1, 0.15) is 16.1 Å². The van der Waals surface area contributed by atoms with Crippen molar-refractivity contribution in [2.75, 3.05) is 7.11 Å². The molecule has 0 aliphatic heterocycles. The first-order valence-electron chi connectivity index (χ1n) is 8.56. The van der Waals surface area contributed by atoms with Crippen LogP contribution in [0, 0.1) is 0 Å².